The molecule has 0 bridgehead atoms. The number of hydrogen-bond acceptors (Lipinski definition) is 3. The van der Waals surface area contributed by atoms with Gasteiger partial charge in [-0.2, -0.15) is 0 Å². The highest BCUT2D eigenvalue weighted by atomic mass is 16.3. The van der Waals surface area contributed by atoms with Gasteiger partial charge >= 0.3 is 0 Å². The molecule has 0 aliphatic rings. The van der Waals surface area contributed by atoms with Crippen LogP contribution in [0.5, 0.6) is 0 Å². The standard InChI is InChI=1S/C48H31NO2/c1-2-13-32(14-3-1)37-17-4-5-18-38(37)34-15-10-16-36(31-34)49(42-22-12-26-46-48(42)41-20-7-9-24-44(41)51-46)35-29-27-33(28-30-35)39-21-11-25-45-47(39)40-19-6-8-23-43(40)50-45/h1-31H. The average molecular weight is 654 g/mol. The fraction of sp³-hybridized carbons (Fsp3) is 0. The highest BCUT2D eigenvalue weighted by Crippen LogP contribution is 2.45. The third-order valence-electron chi connectivity index (χ3n) is 9.89. The fourth-order valence-corrected chi connectivity index (χ4v) is 7.59. The third-order valence-corrected chi connectivity index (χ3v) is 9.89. The van der Waals surface area contributed by atoms with E-state index in [0.717, 1.165) is 77.6 Å². The predicted molar refractivity (Wildman–Crippen MR) is 212 cm³/mol. The highest BCUT2D eigenvalue weighted by molar-refractivity contribution is 6.14. The summed E-state index contributed by atoms with van der Waals surface area (Å²) >= 11 is 0. The first-order chi connectivity index (χ1) is 25.3. The van der Waals surface area contributed by atoms with Gasteiger partial charge in [0.1, 0.15) is 22.3 Å². The maximum absolute atomic E-state index is 6.38. The number of furan rings is 2. The summed E-state index contributed by atoms with van der Waals surface area (Å²) in [7, 11) is 0. The Labute approximate surface area is 295 Å². The summed E-state index contributed by atoms with van der Waals surface area (Å²) in [6, 6.07) is 66.2. The second-order valence-electron chi connectivity index (χ2n) is 12.9. The van der Waals surface area contributed by atoms with Crippen LogP contribution in [0.1, 0.15) is 0 Å². The Morgan fingerprint density at radius 2 is 0.824 bits per heavy atom. The Bertz CT molecular complexity index is 2860. The Balaban J connectivity index is 1.16. The molecule has 0 aliphatic heterocycles. The van der Waals surface area contributed by atoms with Crippen LogP contribution in [0.4, 0.5) is 17.1 Å². The van der Waals surface area contributed by atoms with Crippen LogP contribution in [-0.4, -0.2) is 0 Å². The van der Waals surface area contributed by atoms with Crippen molar-refractivity contribution >= 4 is 60.9 Å². The summed E-state index contributed by atoms with van der Waals surface area (Å²) in [5, 5.41) is 4.44. The maximum Gasteiger partial charge on any atom is 0.137 e. The molecular weight excluding hydrogens is 623 g/mol. The van der Waals surface area contributed by atoms with Crippen molar-refractivity contribution in [2.75, 3.05) is 4.90 Å². The van der Waals surface area contributed by atoms with Crippen molar-refractivity contribution in [1.82, 2.24) is 0 Å². The van der Waals surface area contributed by atoms with Gasteiger partial charge in [-0.1, -0.05) is 133 Å². The molecular formula is C48H31NO2. The average Bonchev–Trinajstić information content (AvgIpc) is 3.78. The molecule has 0 saturated heterocycles. The van der Waals surface area contributed by atoms with E-state index in [9.17, 15) is 0 Å². The predicted octanol–water partition coefficient (Wildman–Crippen LogP) is 14.0. The number of hydrogen-bond donors (Lipinski definition) is 0. The smallest absolute Gasteiger partial charge is 0.137 e. The van der Waals surface area contributed by atoms with Gasteiger partial charge in [0.15, 0.2) is 0 Å². The van der Waals surface area contributed by atoms with E-state index in [1.165, 1.54) is 16.7 Å². The van der Waals surface area contributed by atoms with Crippen LogP contribution in [0.15, 0.2) is 197 Å². The topological polar surface area (TPSA) is 29.5 Å². The quantitative estimate of drug-likeness (QED) is 0.179. The van der Waals surface area contributed by atoms with Gasteiger partial charge < -0.3 is 13.7 Å². The lowest BCUT2D eigenvalue weighted by Crippen LogP contribution is -2.10. The van der Waals surface area contributed by atoms with E-state index in [1.54, 1.807) is 0 Å². The SMILES string of the molecule is c1ccc(-c2ccccc2-c2cccc(N(c3ccc(-c4cccc5oc6ccccc6c45)cc3)c3cccc4oc5ccccc5c34)c2)cc1. The van der Waals surface area contributed by atoms with Crippen molar-refractivity contribution in [1.29, 1.82) is 0 Å². The van der Waals surface area contributed by atoms with Crippen LogP contribution in [0.3, 0.4) is 0 Å². The Morgan fingerprint density at radius 3 is 1.57 bits per heavy atom. The van der Waals surface area contributed by atoms with Crippen molar-refractivity contribution in [3.05, 3.63) is 188 Å². The molecule has 0 aliphatic carbocycles. The van der Waals surface area contributed by atoms with Gasteiger partial charge in [-0.3, -0.25) is 0 Å². The molecule has 0 saturated carbocycles. The van der Waals surface area contributed by atoms with Crippen LogP contribution in [0.25, 0.3) is 77.3 Å². The van der Waals surface area contributed by atoms with E-state index in [2.05, 4.69) is 163 Å². The van der Waals surface area contributed by atoms with Crippen LogP contribution in [0, 0.1) is 0 Å². The van der Waals surface area contributed by atoms with Crippen molar-refractivity contribution in [3.8, 4) is 33.4 Å². The Hall–Kier alpha value is -6.84. The largest absolute Gasteiger partial charge is 0.456 e. The first-order valence-electron chi connectivity index (χ1n) is 17.3. The van der Waals surface area contributed by atoms with Crippen LogP contribution >= 0.6 is 0 Å². The Morgan fingerprint density at radius 1 is 0.314 bits per heavy atom. The molecule has 8 aromatic carbocycles. The number of anilines is 3. The first-order valence-corrected chi connectivity index (χ1v) is 17.3. The molecule has 2 aromatic heterocycles. The summed E-state index contributed by atoms with van der Waals surface area (Å²) in [6.45, 7) is 0. The van der Waals surface area contributed by atoms with E-state index < -0.39 is 0 Å². The molecule has 10 rings (SSSR count). The molecule has 240 valence electrons. The van der Waals surface area contributed by atoms with E-state index in [-0.39, 0.29) is 0 Å². The molecule has 0 radical (unpaired) electrons. The number of fused-ring (bicyclic) bond motifs is 6. The minimum absolute atomic E-state index is 0.861. The number of rotatable bonds is 6. The normalized spacial score (nSPS) is 11.5. The minimum atomic E-state index is 0.861. The van der Waals surface area contributed by atoms with Gasteiger partial charge in [0.25, 0.3) is 0 Å². The second-order valence-corrected chi connectivity index (χ2v) is 12.9. The van der Waals surface area contributed by atoms with Gasteiger partial charge in [0.05, 0.1) is 11.1 Å². The molecule has 0 N–H and O–H groups in total. The first kappa shape index (κ1) is 29.1. The summed E-state index contributed by atoms with van der Waals surface area (Å²) in [4.78, 5) is 2.36. The fourth-order valence-electron chi connectivity index (χ4n) is 7.59. The maximum atomic E-state index is 6.38. The Kier molecular flexibility index (Phi) is 6.81. The molecule has 0 amide bonds. The van der Waals surface area contributed by atoms with E-state index in [4.69, 9.17) is 8.83 Å². The van der Waals surface area contributed by atoms with Crippen molar-refractivity contribution in [2.45, 2.75) is 0 Å². The number of benzene rings is 8. The molecule has 0 fully saturated rings. The van der Waals surface area contributed by atoms with Gasteiger partial charge in [0.2, 0.25) is 0 Å². The zero-order chi connectivity index (χ0) is 33.7. The van der Waals surface area contributed by atoms with Gasteiger partial charge in [-0.15, -0.1) is 0 Å². The lowest BCUT2D eigenvalue weighted by atomic mass is 9.94. The summed E-state index contributed by atoms with van der Waals surface area (Å²) < 4.78 is 12.6. The van der Waals surface area contributed by atoms with Crippen LogP contribution in [-0.2, 0) is 0 Å². The lowest BCUT2D eigenvalue weighted by molar-refractivity contribution is 0.668. The van der Waals surface area contributed by atoms with Gasteiger partial charge in [-0.25, -0.2) is 0 Å². The molecule has 51 heavy (non-hydrogen) atoms. The molecule has 0 unspecified atom stereocenters. The molecule has 2 heterocycles. The van der Waals surface area contributed by atoms with Crippen LogP contribution in [0.2, 0.25) is 0 Å². The molecule has 3 heteroatoms. The van der Waals surface area contributed by atoms with Gasteiger partial charge in [0, 0.05) is 27.5 Å². The zero-order valence-electron chi connectivity index (χ0n) is 27.7. The third kappa shape index (κ3) is 4.90. The van der Waals surface area contributed by atoms with Crippen molar-refractivity contribution < 1.29 is 8.83 Å². The van der Waals surface area contributed by atoms with E-state index in [1.807, 2.05) is 30.3 Å². The highest BCUT2D eigenvalue weighted by Gasteiger charge is 2.21. The summed E-state index contributed by atoms with van der Waals surface area (Å²) in [6.07, 6.45) is 0. The summed E-state index contributed by atoms with van der Waals surface area (Å²) in [5.41, 5.74) is 13.7. The molecule has 3 nitrogen and oxygen atoms in total. The lowest BCUT2D eigenvalue weighted by Gasteiger charge is -2.27. The molecule has 0 atom stereocenters. The second kappa shape index (κ2) is 11.9. The molecule has 10 aromatic rings. The zero-order valence-corrected chi connectivity index (χ0v) is 27.7. The van der Waals surface area contributed by atoms with Crippen molar-refractivity contribution in [2.24, 2.45) is 0 Å². The summed E-state index contributed by atoms with van der Waals surface area (Å²) in [5.74, 6) is 0. The van der Waals surface area contributed by atoms with E-state index in [0.29, 0.717) is 0 Å². The monoisotopic (exact) mass is 653 g/mol. The van der Waals surface area contributed by atoms with E-state index >= 15 is 0 Å². The van der Waals surface area contributed by atoms with Crippen LogP contribution < -0.4 is 4.90 Å². The minimum Gasteiger partial charge on any atom is -0.456 e. The van der Waals surface area contributed by atoms with Crippen molar-refractivity contribution in [3.63, 3.8) is 0 Å². The molecule has 0 spiro atoms. The van der Waals surface area contributed by atoms with Gasteiger partial charge in [-0.05, 0) is 88.0 Å². The number of para-hydroxylation sites is 2. The number of nitrogens with zero attached hydrogens (tertiary/aromatic N) is 1.